The molecule has 0 saturated carbocycles. The van der Waals surface area contributed by atoms with Gasteiger partial charge in [-0.1, -0.05) is 29.8 Å². The molecule has 2 rings (SSSR count). The minimum absolute atomic E-state index is 0.0486. The van der Waals surface area contributed by atoms with E-state index in [2.05, 4.69) is 34.2 Å². The van der Waals surface area contributed by atoms with Crippen LogP contribution in [0.2, 0.25) is 0 Å². The van der Waals surface area contributed by atoms with Crippen molar-refractivity contribution < 1.29 is 9.90 Å². The van der Waals surface area contributed by atoms with E-state index in [1.54, 1.807) is 0 Å². The third-order valence-corrected chi connectivity index (χ3v) is 2.79. The van der Waals surface area contributed by atoms with Crippen LogP contribution < -0.4 is 4.90 Å². The van der Waals surface area contributed by atoms with E-state index in [4.69, 9.17) is 5.11 Å². The number of carboxylic acid groups (broad SMARTS) is 1. The van der Waals surface area contributed by atoms with Gasteiger partial charge in [0, 0.05) is 13.6 Å². The van der Waals surface area contributed by atoms with Crippen molar-refractivity contribution in [1.29, 1.82) is 0 Å². The summed E-state index contributed by atoms with van der Waals surface area (Å²) >= 11 is 0. The van der Waals surface area contributed by atoms with Gasteiger partial charge in [0.15, 0.2) is 5.69 Å². The van der Waals surface area contributed by atoms with Crippen LogP contribution >= 0.6 is 0 Å². The van der Waals surface area contributed by atoms with Crippen LogP contribution in [0.1, 0.15) is 21.6 Å². The fraction of sp³-hybridized carbons (Fsp3) is 0.214. The van der Waals surface area contributed by atoms with Gasteiger partial charge < -0.3 is 10.0 Å². The lowest BCUT2D eigenvalue weighted by Gasteiger charge is -2.17. The molecule has 1 N–H and O–H groups in total. The number of carboxylic acids is 1. The Hall–Kier alpha value is -2.43. The third kappa shape index (κ3) is 3.28. The van der Waals surface area contributed by atoms with Gasteiger partial charge in [0.1, 0.15) is 5.82 Å². The average Bonchev–Trinajstić information content (AvgIpc) is 2.41. The summed E-state index contributed by atoms with van der Waals surface area (Å²) in [7, 11) is 1.89. The van der Waals surface area contributed by atoms with E-state index in [1.807, 2.05) is 18.9 Å². The van der Waals surface area contributed by atoms with E-state index in [0.717, 1.165) is 5.56 Å². The van der Waals surface area contributed by atoms with Gasteiger partial charge in [-0.15, -0.1) is 0 Å². The Bertz CT molecular complexity index is 564. The lowest BCUT2D eigenvalue weighted by Crippen LogP contribution is -2.18. The summed E-state index contributed by atoms with van der Waals surface area (Å²) in [6.45, 7) is 2.74. The van der Waals surface area contributed by atoms with Gasteiger partial charge in [-0.05, 0) is 12.5 Å². The normalized spacial score (nSPS) is 10.2. The summed E-state index contributed by atoms with van der Waals surface area (Å²) in [5.74, 6) is -0.425. The van der Waals surface area contributed by atoms with E-state index in [-0.39, 0.29) is 5.69 Å². The topological polar surface area (TPSA) is 66.3 Å². The number of benzene rings is 1. The fourth-order valence-electron chi connectivity index (χ4n) is 1.68. The summed E-state index contributed by atoms with van der Waals surface area (Å²) < 4.78 is 0. The van der Waals surface area contributed by atoms with E-state index < -0.39 is 5.97 Å². The van der Waals surface area contributed by atoms with E-state index in [0.29, 0.717) is 12.4 Å². The molecule has 5 heteroatoms. The maximum absolute atomic E-state index is 10.7. The zero-order valence-electron chi connectivity index (χ0n) is 10.9. The molecule has 0 radical (unpaired) electrons. The molecule has 0 spiro atoms. The molecule has 19 heavy (non-hydrogen) atoms. The maximum atomic E-state index is 10.7. The molecule has 1 heterocycles. The summed E-state index contributed by atoms with van der Waals surface area (Å²) in [5.41, 5.74) is 2.33. The van der Waals surface area contributed by atoms with Gasteiger partial charge >= 0.3 is 5.97 Å². The predicted octanol–water partition coefficient (Wildman–Crippen LogP) is 2.12. The molecule has 1 aromatic carbocycles. The van der Waals surface area contributed by atoms with E-state index in [9.17, 15) is 4.79 Å². The lowest BCUT2D eigenvalue weighted by atomic mass is 10.1. The Morgan fingerprint density at radius 3 is 2.42 bits per heavy atom. The highest BCUT2D eigenvalue weighted by molar-refractivity contribution is 5.84. The quantitative estimate of drug-likeness (QED) is 0.908. The van der Waals surface area contributed by atoms with Crippen LogP contribution in [0.4, 0.5) is 5.82 Å². The van der Waals surface area contributed by atoms with Crippen LogP contribution in [0.25, 0.3) is 0 Å². The second-order valence-electron chi connectivity index (χ2n) is 4.41. The summed E-state index contributed by atoms with van der Waals surface area (Å²) in [5, 5.41) is 8.76. The van der Waals surface area contributed by atoms with Gasteiger partial charge in [0.05, 0.1) is 12.4 Å². The van der Waals surface area contributed by atoms with Crippen molar-refractivity contribution in [3.63, 3.8) is 0 Å². The number of aryl methyl sites for hydroxylation is 1. The standard InChI is InChI=1S/C14H15N3O2/c1-10-3-5-11(6-4-10)9-17(2)13-8-15-12(7-16-13)14(18)19/h3-8H,9H2,1-2H3,(H,18,19). The van der Waals surface area contributed by atoms with Crippen LogP contribution in [-0.4, -0.2) is 28.1 Å². The van der Waals surface area contributed by atoms with Crippen LogP contribution in [0.3, 0.4) is 0 Å². The molecule has 0 amide bonds. The maximum Gasteiger partial charge on any atom is 0.356 e. The molecular weight excluding hydrogens is 242 g/mol. The lowest BCUT2D eigenvalue weighted by molar-refractivity contribution is 0.0690. The molecular formula is C14H15N3O2. The van der Waals surface area contributed by atoms with Crippen LogP contribution in [-0.2, 0) is 6.54 Å². The van der Waals surface area contributed by atoms with Gasteiger partial charge in [-0.2, -0.15) is 0 Å². The highest BCUT2D eigenvalue weighted by Crippen LogP contribution is 2.12. The first kappa shape index (κ1) is 13.0. The van der Waals surface area contributed by atoms with Crippen molar-refractivity contribution in [2.45, 2.75) is 13.5 Å². The van der Waals surface area contributed by atoms with Crippen LogP contribution in [0, 0.1) is 6.92 Å². The summed E-state index contributed by atoms with van der Waals surface area (Å²) in [4.78, 5) is 20.6. The van der Waals surface area contributed by atoms with Crippen molar-refractivity contribution >= 4 is 11.8 Å². The smallest absolute Gasteiger partial charge is 0.356 e. The summed E-state index contributed by atoms with van der Waals surface area (Å²) in [6.07, 6.45) is 2.74. The number of anilines is 1. The molecule has 0 fully saturated rings. The van der Waals surface area contributed by atoms with Gasteiger partial charge in [0.25, 0.3) is 0 Å². The van der Waals surface area contributed by atoms with E-state index in [1.165, 1.54) is 18.0 Å². The Labute approximate surface area is 111 Å². The first-order valence-corrected chi connectivity index (χ1v) is 5.88. The number of hydrogen-bond donors (Lipinski definition) is 1. The van der Waals surface area contributed by atoms with Crippen molar-refractivity contribution in [2.75, 3.05) is 11.9 Å². The Morgan fingerprint density at radius 1 is 1.21 bits per heavy atom. The van der Waals surface area contributed by atoms with E-state index >= 15 is 0 Å². The van der Waals surface area contributed by atoms with Crippen molar-refractivity contribution in [3.8, 4) is 0 Å². The Balaban J connectivity index is 2.09. The monoisotopic (exact) mass is 257 g/mol. The highest BCUT2D eigenvalue weighted by Gasteiger charge is 2.08. The number of aromatic carboxylic acids is 1. The molecule has 0 unspecified atom stereocenters. The SMILES string of the molecule is Cc1ccc(CN(C)c2cnc(C(=O)O)cn2)cc1. The number of hydrogen-bond acceptors (Lipinski definition) is 4. The minimum Gasteiger partial charge on any atom is -0.476 e. The predicted molar refractivity (Wildman–Crippen MR) is 72.3 cm³/mol. The molecule has 0 atom stereocenters. The zero-order chi connectivity index (χ0) is 13.8. The van der Waals surface area contributed by atoms with Crippen molar-refractivity contribution in [1.82, 2.24) is 9.97 Å². The minimum atomic E-state index is -1.07. The Morgan fingerprint density at radius 2 is 1.89 bits per heavy atom. The largest absolute Gasteiger partial charge is 0.476 e. The molecule has 0 aliphatic rings. The molecule has 1 aromatic heterocycles. The van der Waals surface area contributed by atoms with Crippen molar-refractivity contribution in [2.24, 2.45) is 0 Å². The van der Waals surface area contributed by atoms with Crippen LogP contribution in [0.15, 0.2) is 36.7 Å². The molecule has 98 valence electrons. The third-order valence-electron chi connectivity index (χ3n) is 2.79. The van der Waals surface area contributed by atoms with Crippen LogP contribution in [0.5, 0.6) is 0 Å². The second-order valence-corrected chi connectivity index (χ2v) is 4.41. The molecule has 0 bridgehead atoms. The van der Waals surface area contributed by atoms with Gasteiger partial charge in [-0.25, -0.2) is 14.8 Å². The number of aromatic nitrogens is 2. The molecule has 2 aromatic rings. The summed E-state index contributed by atoms with van der Waals surface area (Å²) in [6, 6.07) is 8.24. The number of nitrogens with zero attached hydrogens (tertiary/aromatic N) is 3. The molecule has 0 saturated heterocycles. The zero-order valence-corrected chi connectivity index (χ0v) is 10.9. The second kappa shape index (κ2) is 5.48. The van der Waals surface area contributed by atoms with Gasteiger partial charge in [-0.3, -0.25) is 0 Å². The first-order valence-electron chi connectivity index (χ1n) is 5.88. The van der Waals surface area contributed by atoms with Gasteiger partial charge in [0.2, 0.25) is 0 Å². The first-order chi connectivity index (χ1) is 9.06. The number of carbonyl (C=O) groups is 1. The van der Waals surface area contributed by atoms with Crippen molar-refractivity contribution in [3.05, 3.63) is 53.5 Å². The highest BCUT2D eigenvalue weighted by atomic mass is 16.4. The Kier molecular flexibility index (Phi) is 3.75. The molecule has 0 aliphatic carbocycles. The average molecular weight is 257 g/mol. The fourth-order valence-corrected chi connectivity index (χ4v) is 1.68. The number of rotatable bonds is 4. The molecule has 0 aliphatic heterocycles. The molecule has 5 nitrogen and oxygen atoms in total.